The molecule has 1 heterocycles. The summed E-state index contributed by atoms with van der Waals surface area (Å²) in [6.45, 7) is 5.57. The van der Waals surface area contributed by atoms with Crippen LogP contribution < -0.4 is 4.90 Å². The van der Waals surface area contributed by atoms with Gasteiger partial charge in [-0.1, -0.05) is 18.2 Å². The van der Waals surface area contributed by atoms with Crippen molar-refractivity contribution in [1.29, 1.82) is 0 Å². The Morgan fingerprint density at radius 1 is 1.15 bits per heavy atom. The van der Waals surface area contributed by atoms with Gasteiger partial charge < -0.3 is 9.80 Å². The van der Waals surface area contributed by atoms with E-state index >= 15 is 0 Å². The fourth-order valence-electron chi connectivity index (χ4n) is 3.67. The van der Waals surface area contributed by atoms with Crippen molar-refractivity contribution in [3.8, 4) is 0 Å². The number of halogens is 1. The SMILES string of the molecule is CCN(C(=O)[C@@H]1CCCN(C(=O)c2ccc(F)cc2)C1)c1ccccc1C. The van der Waals surface area contributed by atoms with Crippen LogP contribution in [-0.4, -0.2) is 36.3 Å². The summed E-state index contributed by atoms with van der Waals surface area (Å²) in [6, 6.07) is 13.4. The second-order valence-corrected chi connectivity index (χ2v) is 6.97. The molecular weight excluding hydrogens is 343 g/mol. The number of hydrogen-bond donors (Lipinski definition) is 0. The number of anilines is 1. The minimum atomic E-state index is -0.366. The lowest BCUT2D eigenvalue weighted by atomic mass is 9.95. The average Bonchev–Trinajstić information content (AvgIpc) is 2.70. The van der Waals surface area contributed by atoms with Gasteiger partial charge in [0.25, 0.3) is 5.91 Å². The number of aryl methyl sites for hydroxylation is 1. The van der Waals surface area contributed by atoms with E-state index in [9.17, 15) is 14.0 Å². The number of benzene rings is 2. The number of carbonyl (C=O) groups is 2. The third kappa shape index (κ3) is 4.18. The van der Waals surface area contributed by atoms with Crippen molar-refractivity contribution < 1.29 is 14.0 Å². The van der Waals surface area contributed by atoms with Crippen LogP contribution in [0, 0.1) is 18.7 Å². The van der Waals surface area contributed by atoms with Gasteiger partial charge in [0.2, 0.25) is 5.91 Å². The van der Waals surface area contributed by atoms with Gasteiger partial charge in [0.05, 0.1) is 5.92 Å². The highest BCUT2D eigenvalue weighted by molar-refractivity contribution is 5.97. The van der Waals surface area contributed by atoms with Gasteiger partial charge in [0, 0.05) is 30.9 Å². The van der Waals surface area contributed by atoms with Crippen LogP contribution in [0.2, 0.25) is 0 Å². The Balaban J connectivity index is 1.75. The Morgan fingerprint density at radius 2 is 1.85 bits per heavy atom. The van der Waals surface area contributed by atoms with Crippen LogP contribution in [0.3, 0.4) is 0 Å². The molecule has 0 radical (unpaired) electrons. The molecule has 3 rings (SSSR count). The van der Waals surface area contributed by atoms with Gasteiger partial charge in [-0.15, -0.1) is 0 Å². The van der Waals surface area contributed by atoms with Gasteiger partial charge in [-0.25, -0.2) is 4.39 Å². The summed E-state index contributed by atoms with van der Waals surface area (Å²) in [6.07, 6.45) is 1.56. The molecule has 1 aliphatic heterocycles. The van der Waals surface area contributed by atoms with Crippen molar-refractivity contribution >= 4 is 17.5 Å². The molecule has 1 atom stereocenters. The second kappa shape index (κ2) is 8.33. The predicted octanol–water partition coefficient (Wildman–Crippen LogP) is 4.04. The van der Waals surface area contributed by atoms with Crippen molar-refractivity contribution in [2.24, 2.45) is 5.92 Å². The molecule has 1 saturated heterocycles. The van der Waals surface area contributed by atoms with E-state index in [1.54, 1.807) is 4.90 Å². The van der Waals surface area contributed by atoms with Crippen molar-refractivity contribution in [1.82, 2.24) is 4.90 Å². The van der Waals surface area contributed by atoms with E-state index in [0.717, 1.165) is 24.1 Å². The highest BCUT2D eigenvalue weighted by Gasteiger charge is 2.32. The van der Waals surface area contributed by atoms with Crippen LogP contribution in [0.15, 0.2) is 48.5 Å². The van der Waals surface area contributed by atoms with Crippen molar-refractivity contribution in [3.05, 3.63) is 65.5 Å². The molecule has 1 aliphatic rings. The highest BCUT2D eigenvalue weighted by atomic mass is 19.1. The molecule has 0 aromatic heterocycles. The summed E-state index contributed by atoms with van der Waals surface area (Å²) in [7, 11) is 0. The van der Waals surface area contributed by atoms with Crippen LogP contribution in [-0.2, 0) is 4.79 Å². The Hall–Kier alpha value is -2.69. The van der Waals surface area contributed by atoms with Crippen molar-refractivity contribution in [2.45, 2.75) is 26.7 Å². The van der Waals surface area contributed by atoms with Crippen molar-refractivity contribution in [3.63, 3.8) is 0 Å². The molecule has 2 aromatic rings. The number of nitrogens with zero attached hydrogens (tertiary/aromatic N) is 2. The fraction of sp³-hybridized carbons (Fsp3) is 0.364. The molecule has 5 heteroatoms. The first-order chi connectivity index (χ1) is 13.0. The zero-order valence-electron chi connectivity index (χ0n) is 15.8. The zero-order valence-corrected chi connectivity index (χ0v) is 15.8. The third-order valence-electron chi connectivity index (χ3n) is 5.14. The zero-order chi connectivity index (χ0) is 19.4. The number of para-hydroxylation sites is 1. The Morgan fingerprint density at radius 3 is 2.52 bits per heavy atom. The summed E-state index contributed by atoms with van der Waals surface area (Å²) in [5.74, 6) is -0.674. The molecule has 2 aromatic carbocycles. The van der Waals surface area contributed by atoms with Gasteiger partial charge in [-0.2, -0.15) is 0 Å². The van der Waals surface area contributed by atoms with Gasteiger partial charge in [-0.05, 0) is 62.6 Å². The molecule has 0 unspecified atom stereocenters. The maximum atomic E-state index is 13.2. The molecule has 27 heavy (non-hydrogen) atoms. The monoisotopic (exact) mass is 368 g/mol. The van der Waals surface area contributed by atoms with Gasteiger partial charge in [0.15, 0.2) is 0 Å². The summed E-state index contributed by atoms with van der Waals surface area (Å²) in [4.78, 5) is 29.4. The Labute approximate surface area is 159 Å². The topological polar surface area (TPSA) is 40.6 Å². The molecular formula is C22H25FN2O2. The predicted molar refractivity (Wildman–Crippen MR) is 104 cm³/mol. The molecule has 0 saturated carbocycles. The maximum Gasteiger partial charge on any atom is 0.253 e. The normalized spacial score (nSPS) is 16.9. The summed E-state index contributed by atoms with van der Waals surface area (Å²) >= 11 is 0. The number of carbonyl (C=O) groups excluding carboxylic acids is 2. The molecule has 2 amide bonds. The first kappa shape index (κ1) is 19.1. The minimum absolute atomic E-state index is 0.0587. The van der Waals surface area contributed by atoms with Crippen molar-refractivity contribution in [2.75, 3.05) is 24.5 Å². The van der Waals surface area contributed by atoms with Crippen LogP contribution >= 0.6 is 0 Å². The molecule has 1 fully saturated rings. The van der Waals surface area contributed by atoms with Crippen LogP contribution in [0.5, 0.6) is 0 Å². The standard InChI is InChI=1S/C22H25FN2O2/c1-3-25(20-9-5-4-7-16(20)2)22(27)18-8-6-14-24(15-18)21(26)17-10-12-19(23)13-11-17/h4-5,7,9-13,18H,3,6,8,14-15H2,1-2H3/t18-/m1/s1. The van der Waals surface area contributed by atoms with Gasteiger partial charge in [-0.3, -0.25) is 9.59 Å². The van der Waals surface area contributed by atoms with E-state index in [4.69, 9.17) is 0 Å². The first-order valence-corrected chi connectivity index (χ1v) is 9.43. The highest BCUT2D eigenvalue weighted by Crippen LogP contribution is 2.26. The van der Waals surface area contributed by atoms with E-state index in [1.807, 2.05) is 43.0 Å². The number of piperidine rings is 1. The van der Waals surface area contributed by atoms with E-state index in [1.165, 1.54) is 24.3 Å². The van der Waals surface area contributed by atoms with Crippen LogP contribution in [0.4, 0.5) is 10.1 Å². The first-order valence-electron chi connectivity index (χ1n) is 9.43. The smallest absolute Gasteiger partial charge is 0.253 e. The lowest BCUT2D eigenvalue weighted by Crippen LogP contribution is -2.47. The van der Waals surface area contributed by atoms with E-state index in [2.05, 4.69) is 0 Å². The summed E-state index contributed by atoms with van der Waals surface area (Å²) in [5, 5.41) is 0. The number of hydrogen-bond acceptors (Lipinski definition) is 2. The average molecular weight is 368 g/mol. The summed E-state index contributed by atoms with van der Waals surface area (Å²) in [5.41, 5.74) is 2.44. The molecule has 4 nitrogen and oxygen atoms in total. The third-order valence-corrected chi connectivity index (χ3v) is 5.14. The number of likely N-dealkylation sites (tertiary alicyclic amines) is 1. The molecule has 0 spiro atoms. The maximum absolute atomic E-state index is 13.2. The molecule has 0 N–H and O–H groups in total. The Bertz CT molecular complexity index is 819. The van der Waals surface area contributed by atoms with E-state index < -0.39 is 0 Å². The molecule has 0 aliphatic carbocycles. The van der Waals surface area contributed by atoms with E-state index in [-0.39, 0.29) is 23.5 Å². The lowest BCUT2D eigenvalue weighted by Gasteiger charge is -2.35. The molecule has 142 valence electrons. The summed E-state index contributed by atoms with van der Waals surface area (Å²) < 4.78 is 13.1. The van der Waals surface area contributed by atoms with Gasteiger partial charge >= 0.3 is 0 Å². The fourth-order valence-corrected chi connectivity index (χ4v) is 3.67. The van der Waals surface area contributed by atoms with E-state index in [0.29, 0.717) is 25.2 Å². The van der Waals surface area contributed by atoms with Crippen LogP contribution in [0.1, 0.15) is 35.7 Å². The lowest BCUT2D eigenvalue weighted by molar-refractivity contribution is -0.123. The van der Waals surface area contributed by atoms with Crippen LogP contribution in [0.25, 0.3) is 0 Å². The second-order valence-electron chi connectivity index (χ2n) is 6.97. The minimum Gasteiger partial charge on any atom is -0.338 e. The Kier molecular flexibility index (Phi) is 5.89. The quantitative estimate of drug-likeness (QED) is 0.817. The van der Waals surface area contributed by atoms with Gasteiger partial charge in [0.1, 0.15) is 5.82 Å². The molecule has 0 bridgehead atoms. The number of amides is 2. The number of rotatable bonds is 4. The largest absolute Gasteiger partial charge is 0.338 e.